The number of hydrogen-bond donors (Lipinski definition) is 3. The predicted molar refractivity (Wildman–Crippen MR) is 254 cm³/mol. The monoisotopic (exact) mass is 891 g/mol. The molecule has 4 aliphatic heterocycles. The number of nitrogens with zero attached hydrogens (tertiary/aromatic N) is 8. The summed E-state index contributed by atoms with van der Waals surface area (Å²) in [6.07, 6.45) is 25.4. The van der Waals surface area contributed by atoms with Crippen molar-refractivity contribution in [2.75, 3.05) is 78.5 Å². The third-order valence-electron chi connectivity index (χ3n) is 12.1. The number of carbonyl (C=O) groups excluding carboxylic acids is 1. The molecule has 0 radical (unpaired) electrons. The van der Waals surface area contributed by atoms with E-state index < -0.39 is 11.9 Å². The lowest BCUT2D eigenvalue weighted by Crippen LogP contribution is -2.22. The molecule has 4 fully saturated rings. The number of aliphatic hydroxyl groups is 1. The molecule has 8 heterocycles. The van der Waals surface area contributed by atoms with Gasteiger partial charge >= 0.3 is 11.9 Å². The molecule has 0 aromatic carbocycles. The summed E-state index contributed by atoms with van der Waals surface area (Å²) >= 11 is 0. The number of aliphatic hydroxyl groups excluding tert-OH is 1. The Balaban J connectivity index is 0.000000163. The molecule has 0 saturated carbocycles. The Morgan fingerprint density at radius 2 is 0.892 bits per heavy atom. The van der Waals surface area contributed by atoms with Gasteiger partial charge in [0.1, 0.15) is 0 Å². The molecular formula is C51H70N8O6. The molecular weight excluding hydrogens is 821 g/mol. The topological polar surface area (TPSA) is 176 Å². The highest BCUT2D eigenvalue weighted by Crippen LogP contribution is 2.12. The zero-order chi connectivity index (χ0) is 45.9. The molecule has 4 aliphatic rings. The van der Waals surface area contributed by atoms with Crippen LogP contribution in [0.3, 0.4) is 0 Å². The second kappa shape index (κ2) is 29.3. The number of aromatic carboxylic acids is 1. The molecule has 4 aromatic heterocycles. The Bertz CT molecular complexity index is 1970. The number of hydrogen-bond acceptors (Lipinski definition) is 12. The van der Waals surface area contributed by atoms with Crippen molar-refractivity contribution in [2.45, 2.75) is 90.1 Å². The van der Waals surface area contributed by atoms with E-state index in [1.807, 2.05) is 36.4 Å². The van der Waals surface area contributed by atoms with Crippen molar-refractivity contribution in [3.8, 4) is 0 Å². The Hall–Kier alpha value is -5.25. The summed E-state index contributed by atoms with van der Waals surface area (Å²) < 4.78 is 0. The summed E-state index contributed by atoms with van der Waals surface area (Å²) in [5.74, 6) is -1.73. The first-order chi connectivity index (χ1) is 31.8. The van der Waals surface area contributed by atoms with Crippen molar-refractivity contribution in [3.05, 3.63) is 124 Å². The number of rotatable bonds is 18. The summed E-state index contributed by atoms with van der Waals surface area (Å²) in [7, 11) is 0. The maximum absolute atomic E-state index is 10.6. The minimum atomic E-state index is -0.918. The minimum Gasteiger partial charge on any atom is -0.481 e. The number of aromatic nitrogens is 4. The fraction of sp³-hybridized carbons (Fsp3) is 0.510. The maximum Gasteiger partial charge on any atom is 0.337 e. The van der Waals surface area contributed by atoms with Crippen LogP contribution >= 0.6 is 0 Å². The summed E-state index contributed by atoms with van der Waals surface area (Å²) in [5, 5.41) is 26.2. The van der Waals surface area contributed by atoms with E-state index in [4.69, 9.17) is 15.3 Å². The van der Waals surface area contributed by atoms with Gasteiger partial charge in [0.2, 0.25) is 0 Å². The van der Waals surface area contributed by atoms with Gasteiger partial charge in [-0.05, 0) is 151 Å². The highest BCUT2D eigenvalue weighted by Gasteiger charge is 2.14. The molecule has 4 aromatic rings. The summed E-state index contributed by atoms with van der Waals surface area (Å²) in [5.41, 5.74) is 7.02. The van der Waals surface area contributed by atoms with Crippen LogP contribution in [0.15, 0.2) is 79.4 Å². The number of likely N-dealkylation sites (tertiary alicyclic amines) is 4. The minimum absolute atomic E-state index is 0.0523. The van der Waals surface area contributed by atoms with Crippen LogP contribution in [0.1, 0.15) is 112 Å². The van der Waals surface area contributed by atoms with E-state index in [-0.39, 0.29) is 18.6 Å². The van der Waals surface area contributed by atoms with E-state index in [2.05, 4.69) is 39.5 Å². The molecule has 3 N–H and O–H groups in total. The molecule has 0 atom stereocenters. The lowest BCUT2D eigenvalue weighted by atomic mass is 10.2. The normalized spacial score (nSPS) is 16.6. The van der Waals surface area contributed by atoms with Crippen LogP contribution in [0.5, 0.6) is 0 Å². The maximum atomic E-state index is 10.6. The smallest absolute Gasteiger partial charge is 0.337 e. The quantitative estimate of drug-likeness (QED) is 0.0940. The first-order valence-electron chi connectivity index (χ1n) is 23.6. The largest absolute Gasteiger partial charge is 0.481 e. The number of aliphatic carboxylic acids is 1. The molecule has 350 valence electrons. The Morgan fingerprint density at radius 1 is 0.508 bits per heavy atom. The molecule has 0 aliphatic carbocycles. The van der Waals surface area contributed by atoms with E-state index >= 15 is 0 Å². The number of carbonyl (C=O) groups is 3. The Morgan fingerprint density at radius 3 is 1.20 bits per heavy atom. The Kier molecular flexibility index (Phi) is 22.9. The third-order valence-corrected chi connectivity index (χ3v) is 12.1. The first kappa shape index (κ1) is 50.7. The number of aldehydes is 1. The average molecular weight is 891 g/mol. The predicted octanol–water partition coefficient (Wildman–Crippen LogP) is 6.37. The van der Waals surface area contributed by atoms with Crippen molar-refractivity contribution in [2.24, 2.45) is 0 Å². The van der Waals surface area contributed by atoms with Gasteiger partial charge in [-0.1, -0.05) is 24.3 Å². The number of carboxylic acid groups (broad SMARTS) is 2. The third kappa shape index (κ3) is 20.2. The Labute approximate surface area is 385 Å². The highest BCUT2D eigenvalue weighted by atomic mass is 16.4. The van der Waals surface area contributed by atoms with Gasteiger partial charge in [0, 0.05) is 105 Å². The molecule has 65 heavy (non-hydrogen) atoms. The van der Waals surface area contributed by atoms with Crippen LogP contribution < -0.4 is 0 Å². The molecule has 14 nitrogen and oxygen atoms in total. The van der Waals surface area contributed by atoms with Gasteiger partial charge in [0.15, 0.2) is 6.29 Å². The summed E-state index contributed by atoms with van der Waals surface area (Å²) in [4.78, 5) is 58.4. The zero-order valence-corrected chi connectivity index (χ0v) is 38.2. The second-order valence-corrected chi connectivity index (χ2v) is 17.1. The average Bonchev–Trinajstić information content (AvgIpc) is 4.21. The van der Waals surface area contributed by atoms with Crippen LogP contribution in [-0.2, 0) is 37.1 Å². The molecule has 8 rings (SSSR count). The van der Waals surface area contributed by atoms with Gasteiger partial charge in [0.25, 0.3) is 0 Å². The van der Waals surface area contributed by atoms with Crippen LogP contribution in [-0.4, -0.2) is 152 Å². The molecule has 4 saturated heterocycles. The summed E-state index contributed by atoms with van der Waals surface area (Å²) in [6.45, 7) is 14.2. The van der Waals surface area contributed by atoms with Crippen LogP contribution in [0.4, 0.5) is 0 Å². The summed E-state index contributed by atoms with van der Waals surface area (Å²) in [6, 6.07) is 15.2. The SMILES string of the molecule is O=C(O)C/C=C/c1ccc(CCN2CCCC2)nc1.O=C(O)c1ccc(CCN2CCCC2)nc1.O=Cc1ccc(CCN2CCCC2)nc1.OCc1ccc(CCN2CCCC2)nc1. The van der Waals surface area contributed by atoms with Crippen LogP contribution in [0.25, 0.3) is 6.08 Å². The molecule has 0 amide bonds. The van der Waals surface area contributed by atoms with Crippen LogP contribution in [0, 0.1) is 0 Å². The molecule has 0 bridgehead atoms. The molecule has 0 unspecified atom stereocenters. The van der Waals surface area contributed by atoms with Crippen molar-refractivity contribution >= 4 is 24.3 Å². The van der Waals surface area contributed by atoms with Crippen molar-refractivity contribution < 1.29 is 29.7 Å². The first-order valence-corrected chi connectivity index (χ1v) is 23.6. The van der Waals surface area contributed by atoms with Gasteiger partial charge in [-0.3, -0.25) is 29.5 Å². The van der Waals surface area contributed by atoms with E-state index in [1.54, 1.807) is 42.9 Å². The molecule has 0 spiro atoms. The van der Waals surface area contributed by atoms with E-state index in [1.165, 1.54) is 110 Å². The van der Waals surface area contributed by atoms with Gasteiger partial charge in [0.05, 0.1) is 18.6 Å². The fourth-order valence-electron chi connectivity index (χ4n) is 8.14. The second-order valence-electron chi connectivity index (χ2n) is 17.1. The zero-order valence-electron chi connectivity index (χ0n) is 38.2. The van der Waals surface area contributed by atoms with E-state index in [9.17, 15) is 14.4 Å². The van der Waals surface area contributed by atoms with E-state index in [0.29, 0.717) is 5.56 Å². The molecule has 14 heteroatoms. The fourth-order valence-corrected chi connectivity index (χ4v) is 8.14. The van der Waals surface area contributed by atoms with Gasteiger partial charge in [-0.2, -0.15) is 0 Å². The number of carboxylic acids is 2. The van der Waals surface area contributed by atoms with Crippen molar-refractivity contribution in [3.63, 3.8) is 0 Å². The van der Waals surface area contributed by atoms with Crippen LogP contribution in [0.2, 0.25) is 0 Å². The van der Waals surface area contributed by atoms with Gasteiger partial charge in [-0.25, -0.2) is 4.79 Å². The highest BCUT2D eigenvalue weighted by molar-refractivity contribution is 5.87. The van der Waals surface area contributed by atoms with E-state index in [0.717, 1.165) is 92.1 Å². The lowest BCUT2D eigenvalue weighted by molar-refractivity contribution is -0.136. The van der Waals surface area contributed by atoms with Gasteiger partial charge in [-0.15, -0.1) is 0 Å². The standard InChI is InChI=1S/C15H20N2O2.C12H16N2O2.C12H18N2O.C12H16N2O/c18-15(19)5-3-4-13-6-7-14(16-12-13)8-11-17-9-1-2-10-17;15-12(16)10-3-4-11(13-9-10)5-8-14-6-1-2-7-14;2*15-10-11-3-4-12(13-9-11)5-8-14-6-1-2-7-14/h3-4,6-7,12H,1-2,5,8-11H2,(H,18,19);3-4,9H,1-2,5-8H2,(H,15,16);3-4,9,15H,1-2,5-8,10H2;3-4,9-10H,1-2,5-8H2/b4-3+;;;. The van der Waals surface area contributed by atoms with Crippen molar-refractivity contribution in [1.29, 1.82) is 0 Å². The lowest BCUT2D eigenvalue weighted by Gasteiger charge is -2.13. The van der Waals surface area contributed by atoms with Gasteiger partial charge < -0.3 is 34.9 Å². The van der Waals surface area contributed by atoms with Crippen molar-refractivity contribution in [1.82, 2.24) is 39.5 Å². The number of pyridine rings is 4.